The van der Waals surface area contributed by atoms with Crippen molar-refractivity contribution in [1.29, 1.82) is 0 Å². The molecule has 0 aromatic heterocycles. The van der Waals surface area contributed by atoms with Crippen molar-refractivity contribution in [1.82, 2.24) is 15.2 Å². The number of phenolic OH excluding ortho intramolecular Hbond substituents is 1. The minimum Gasteiger partial charge on any atom is -0.507 e. The molecule has 1 saturated carbocycles. The van der Waals surface area contributed by atoms with E-state index >= 15 is 0 Å². The Morgan fingerprint density at radius 1 is 0.909 bits per heavy atom. The Balaban J connectivity index is 1.45. The van der Waals surface area contributed by atoms with Gasteiger partial charge >= 0.3 is 11.8 Å². The molecule has 9 atom stereocenters. The normalized spacial score (nSPS) is 33.5. The number of phenols is 1. The number of hydrogen-bond acceptors (Lipinski definition) is 15. The summed E-state index contributed by atoms with van der Waals surface area (Å²) in [5, 5.41) is 44.2. The Kier molecular flexibility index (Phi) is 15.2. The summed E-state index contributed by atoms with van der Waals surface area (Å²) in [6.07, 6.45) is 9.78. The molecule has 0 radical (unpaired) electrons. The molecule has 5 bridgehead atoms. The van der Waals surface area contributed by atoms with Crippen LogP contribution < -0.4 is 10.1 Å². The lowest BCUT2D eigenvalue weighted by atomic mass is 9.71. The number of Topliss-reactive ketones (excluding diaryl/α,β-unsaturated/α-hetero) is 3. The van der Waals surface area contributed by atoms with Gasteiger partial charge in [0.1, 0.15) is 23.3 Å². The molecular formula is C50H68N4O12. The van der Waals surface area contributed by atoms with E-state index in [9.17, 15) is 39.3 Å². The second-order valence-electron chi connectivity index (χ2n) is 19.5. The number of amides is 1. The van der Waals surface area contributed by atoms with E-state index in [-0.39, 0.29) is 28.0 Å². The number of aliphatic hydroxyl groups is 2. The predicted octanol–water partition coefficient (Wildman–Crippen LogP) is 5.57. The minimum absolute atomic E-state index is 0.00326. The van der Waals surface area contributed by atoms with E-state index in [1.807, 2.05) is 26.8 Å². The molecule has 16 nitrogen and oxygen atoms in total. The van der Waals surface area contributed by atoms with E-state index in [1.54, 1.807) is 31.9 Å². The molecule has 360 valence electrons. The first-order valence-corrected chi connectivity index (χ1v) is 23.1. The van der Waals surface area contributed by atoms with E-state index in [0.29, 0.717) is 19.1 Å². The number of ketones is 3. The van der Waals surface area contributed by atoms with Crippen molar-refractivity contribution in [2.45, 2.75) is 131 Å². The molecule has 0 spiro atoms. The number of nitrogens with zero attached hydrogens (tertiary/aromatic N) is 3. The molecule has 1 aromatic carbocycles. The summed E-state index contributed by atoms with van der Waals surface area (Å²) in [4.78, 5) is 73.0. The highest BCUT2D eigenvalue weighted by atomic mass is 16.7. The number of hydrazone groups is 1. The summed E-state index contributed by atoms with van der Waals surface area (Å²) in [6, 6.07) is 0.534. The van der Waals surface area contributed by atoms with Gasteiger partial charge in [0.25, 0.3) is 11.7 Å². The lowest BCUT2D eigenvalue weighted by molar-refractivity contribution is -0.161. The molecule has 7 rings (SSSR count). The summed E-state index contributed by atoms with van der Waals surface area (Å²) >= 11 is 0. The van der Waals surface area contributed by atoms with Crippen LogP contribution in [0.25, 0.3) is 0 Å². The van der Waals surface area contributed by atoms with Gasteiger partial charge in [-0.15, -0.1) is 0 Å². The average molecular weight is 917 g/mol. The van der Waals surface area contributed by atoms with Crippen molar-refractivity contribution in [3.05, 3.63) is 69.7 Å². The molecule has 1 aromatic rings. The van der Waals surface area contributed by atoms with Crippen LogP contribution >= 0.6 is 0 Å². The number of rotatable bonds is 5. The second kappa shape index (κ2) is 20.0. The zero-order chi connectivity index (χ0) is 48.6. The summed E-state index contributed by atoms with van der Waals surface area (Å²) in [5.41, 5.74) is -2.37. The fourth-order valence-corrected chi connectivity index (χ4v) is 9.96. The maximum atomic E-state index is 14.9. The number of aromatic hydroxyl groups is 1. The lowest BCUT2D eigenvalue weighted by Gasteiger charge is -2.40. The van der Waals surface area contributed by atoms with Crippen molar-refractivity contribution < 1.29 is 58.2 Å². The first-order chi connectivity index (χ1) is 31.0. The van der Waals surface area contributed by atoms with Gasteiger partial charge in [0.05, 0.1) is 53.1 Å². The van der Waals surface area contributed by atoms with Crippen molar-refractivity contribution in [2.24, 2.45) is 34.2 Å². The zero-order valence-electron chi connectivity index (χ0n) is 40.2. The molecule has 4 aliphatic heterocycles. The van der Waals surface area contributed by atoms with Crippen LogP contribution in [-0.2, 0) is 23.8 Å². The van der Waals surface area contributed by atoms with Crippen LogP contribution in [0.2, 0.25) is 0 Å². The number of ether oxygens (including phenoxy) is 4. The van der Waals surface area contributed by atoms with Crippen LogP contribution in [-0.4, -0.2) is 130 Å². The number of piperazine rings is 1. The molecule has 4 N–H and O–H groups in total. The van der Waals surface area contributed by atoms with Crippen LogP contribution in [0.1, 0.15) is 125 Å². The van der Waals surface area contributed by atoms with Gasteiger partial charge in [-0.05, 0) is 44.1 Å². The first-order valence-electron chi connectivity index (χ1n) is 23.1. The number of carbonyl (C=O) groups is 5. The Bertz CT molecular complexity index is 2250. The highest BCUT2D eigenvalue weighted by molar-refractivity contribution is 6.37. The standard InChI is InChI=1S/C50H68N4O12/c1-26-15-14-19-49(8,9)31(6)41(57)28(3)40(56)29(4)45(65-32(7)55)27(2)35(63-11)18-24-64-50(10)47(61)38-36-37(42(58)30(5)46(38)66-50)44(60)39(52-48(26)62)34(43(36)59)25-51-54-22-20-53(21-23-54)33-16-12-13-17-33/h14-15,18-19,24-25,27-29,31,33,35,40-41,45,56-58H,12-13,16-17,20-23H2,1-11H3,(H,52,62)/b19-14+,24-18+,26-15-,51-25+/t27-,28+,29-,31-,35+,40-,41-,45-,50+/m1/s1. The fourth-order valence-electron chi connectivity index (χ4n) is 9.96. The average Bonchev–Trinajstić information content (AvgIpc) is 3.92. The molecule has 1 amide bonds. The van der Waals surface area contributed by atoms with E-state index < -0.39 is 111 Å². The summed E-state index contributed by atoms with van der Waals surface area (Å²) in [6.45, 7) is 19.1. The van der Waals surface area contributed by atoms with Gasteiger partial charge in [0.2, 0.25) is 5.78 Å². The number of allylic oxidation sites excluding steroid dienone is 5. The SMILES string of the molecule is CO[C@H]1/C=C/O[C@@]2(C)Oc3c(C)c(O)c4c(c3C2=O)C(=O)C(/C=N/N2CCN(C3CCCC3)CC2)=C(NC(=O)/C(C)=C\C=C\C(C)(C)[C@H](C)[C@H](O)[C@@H](C)[C@@H](O)[C@@H](C)[C@H](OC(C)=O)[C@@H]1C)C4=O. The van der Waals surface area contributed by atoms with Crippen LogP contribution in [0.15, 0.2) is 52.5 Å². The van der Waals surface area contributed by atoms with Crippen LogP contribution in [0.3, 0.4) is 0 Å². The van der Waals surface area contributed by atoms with Crippen molar-refractivity contribution in [2.75, 3.05) is 33.3 Å². The second-order valence-corrected chi connectivity index (χ2v) is 19.5. The molecule has 66 heavy (non-hydrogen) atoms. The topological polar surface area (TPSA) is 214 Å². The van der Waals surface area contributed by atoms with Crippen LogP contribution in [0.4, 0.5) is 0 Å². The first kappa shape index (κ1) is 50.3. The number of hydrogen-bond donors (Lipinski definition) is 4. The number of benzene rings is 1. The smallest absolute Gasteiger partial charge is 0.312 e. The summed E-state index contributed by atoms with van der Waals surface area (Å²) in [7, 11) is 1.44. The highest BCUT2D eigenvalue weighted by Crippen LogP contribution is 2.48. The quantitative estimate of drug-likeness (QED) is 0.210. The maximum Gasteiger partial charge on any atom is 0.312 e. The molecule has 6 aliphatic rings. The van der Waals surface area contributed by atoms with Gasteiger partial charge in [0.15, 0.2) is 5.78 Å². The number of nitrogens with one attached hydrogen (secondary N) is 1. The van der Waals surface area contributed by atoms with Gasteiger partial charge < -0.3 is 39.6 Å². The number of methoxy groups -OCH3 is 1. The highest BCUT2D eigenvalue weighted by Gasteiger charge is 2.53. The fraction of sp³-hybridized carbons (Fsp3) is 0.600. The molecule has 4 heterocycles. The molecule has 2 aliphatic carbocycles. The third kappa shape index (κ3) is 9.78. The van der Waals surface area contributed by atoms with Gasteiger partial charge in [0, 0.05) is 82.1 Å². The number of carbonyl (C=O) groups excluding carboxylic acids is 5. The van der Waals surface area contributed by atoms with Crippen molar-refractivity contribution in [3.63, 3.8) is 0 Å². The third-order valence-corrected chi connectivity index (χ3v) is 14.7. The maximum absolute atomic E-state index is 14.9. The van der Waals surface area contributed by atoms with Gasteiger partial charge in [-0.25, -0.2) is 0 Å². The Morgan fingerprint density at radius 3 is 2.18 bits per heavy atom. The van der Waals surface area contributed by atoms with Crippen LogP contribution in [0, 0.1) is 36.0 Å². The molecule has 16 heteroatoms. The monoisotopic (exact) mass is 916 g/mol. The Labute approximate surface area is 387 Å². The number of esters is 1. The third-order valence-electron chi connectivity index (χ3n) is 14.7. The summed E-state index contributed by atoms with van der Waals surface area (Å²) < 4.78 is 23.8. The molecule has 0 unspecified atom stereocenters. The Morgan fingerprint density at radius 2 is 1.56 bits per heavy atom. The molecule has 1 saturated heterocycles. The van der Waals surface area contributed by atoms with Gasteiger partial charge in [-0.3, -0.25) is 33.9 Å². The molecular weight excluding hydrogens is 849 g/mol. The van der Waals surface area contributed by atoms with E-state index in [1.165, 1.54) is 72.3 Å². The predicted molar refractivity (Wildman–Crippen MR) is 246 cm³/mol. The van der Waals surface area contributed by atoms with Crippen LogP contribution in [0.5, 0.6) is 11.5 Å². The van der Waals surface area contributed by atoms with E-state index in [4.69, 9.17) is 18.9 Å². The Hall–Kier alpha value is -5.16. The number of fused-ring (bicyclic) bond motifs is 15. The van der Waals surface area contributed by atoms with Crippen molar-refractivity contribution in [3.8, 4) is 11.5 Å². The zero-order valence-corrected chi connectivity index (χ0v) is 40.2. The molecule has 2 fully saturated rings. The lowest BCUT2D eigenvalue weighted by Crippen LogP contribution is -2.48. The number of aliphatic hydroxyl groups excluding tert-OH is 2. The van der Waals surface area contributed by atoms with E-state index in [0.717, 1.165) is 25.9 Å². The minimum atomic E-state index is -2.10. The van der Waals surface area contributed by atoms with Crippen molar-refractivity contribution >= 4 is 35.4 Å². The van der Waals surface area contributed by atoms with E-state index in [2.05, 4.69) is 15.3 Å². The van der Waals surface area contributed by atoms with Gasteiger partial charge in [-0.2, -0.15) is 5.10 Å². The summed E-state index contributed by atoms with van der Waals surface area (Å²) in [5.74, 6) is -9.15. The largest absolute Gasteiger partial charge is 0.507 e. The van der Waals surface area contributed by atoms with Gasteiger partial charge in [-0.1, -0.05) is 72.6 Å².